The molecule has 25 heavy (non-hydrogen) atoms. The molecule has 3 saturated carbocycles. The van der Waals surface area contributed by atoms with Crippen LogP contribution in [0.15, 0.2) is 23.3 Å². The summed E-state index contributed by atoms with van der Waals surface area (Å²) in [4.78, 5) is 13.3. The van der Waals surface area contributed by atoms with Crippen molar-refractivity contribution in [3.05, 3.63) is 23.3 Å². The first kappa shape index (κ1) is 17.0. The molecular formula is C22H29NO2. The number of nitrogens with zero attached hydrogens (tertiary/aromatic N) is 1. The highest BCUT2D eigenvalue weighted by molar-refractivity contribution is 5.85. The molecule has 0 aromatic carbocycles. The second-order valence-corrected chi connectivity index (χ2v) is 9.70. The summed E-state index contributed by atoms with van der Waals surface area (Å²) in [6.45, 7) is 6.41. The number of nitriles is 1. The predicted molar refractivity (Wildman–Crippen MR) is 96.4 cm³/mol. The summed E-state index contributed by atoms with van der Waals surface area (Å²) in [6.07, 6.45) is 10.1. The number of carbonyl (C=O) groups is 1. The zero-order chi connectivity index (χ0) is 18.0. The summed E-state index contributed by atoms with van der Waals surface area (Å²) in [6, 6.07) is 2.20. The maximum absolute atomic E-state index is 13.3. The van der Waals surface area contributed by atoms with Gasteiger partial charge in [-0.1, -0.05) is 31.1 Å². The first-order chi connectivity index (χ1) is 11.7. The molecule has 6 atom stereocenters. The van der Waals surface area contributed by atoms with Gasteiger partial charge in [-0.2, -0.15) is 5.26 Å². The van der Waals surface area contributed by atoms with E-state index in [0.717, 1.165) is 32.1 Å². The van der Waals surface area contributed by atoms with Gasteiger partial charge in [-0.25, -0.2) is 0 Å². The van der Waals surface area contributed by atoms with Gasteiger partial charge in [0.2, 0.25) is 0 Å². The van der Waals surface area contributed by atoms with Gasteiger partial charge in [-0.3, -0.25) is 4.79 Å². The van der Waals surface area contributed by atoms with Crippen molar-refractivity contribution in [2.24, 2.45) is 28.6 Å². The minimum atomic E-state index is -0.625. The van der Waals surface area contributed by atoms with Crippen molar-refractivity contribution in [3.8, 4) is 6.07 Å². The van der Waals surface area contributed by atoms with Crippen LogP contribution in [0.1, 0.15) is 65.7 Å². The molecule has 0 aromatic heterocycles. The largest absolute Gasteiger partial charge is 0.390 e. The van der Waals surface area contributed by atoms with Crippen molar-refractivity contribution in [2.75, 3.05) is 0 Å². The van der Waals surface area contributed by atoms with Gasteiger partial charge in [-0.15, -0.1) is 0 Å². The Kier molecular flexibility index (Phi) is 3.61. The van der Waals surface area contributed by atoms with E-state index < -0.39 is 5.60 Å². The minimum Gasteiger partial charge on any atom is -0.390 e. The van der Waals surface area contributed by atoms with Crippen molar-refractivity contribution in [2.45, 2.75) is 71.3 Å². The standard InChI is InChI=1S/C22H29NO2/c1-20(25)9-10-21(2)15(12-20)4-6-16-17-7-5-14(8-11-23)22(17,3)13-18(24)19(16)21/h4,8,16-17,19,25H,5-7,9-10,12-13H2,1-3H3/b14-8-/t16?,17-,19+,20+,21?,22?/m0/s1. The Bertz CT molecular complexity index is 725. The van der Waals surface area contributed by atoms with Crippen molar-refractivity contribution < 1.29 is 9.90 Å². The van der Waals surface area contributed by atoms with Gasteiger partial charge in [0.1, 0.15) is 5.78 Å². The Morgan fingerprint density at radius 3 is 2.72 bits per heavy atom. The summed E-state index contributed by atoms with van der Waals surface area (Å²) in [5, 5.41) is 19.6. The third-order valence-corrected chi connectivity index (χ3v) is 8.16. The third-order valence-electron chi connectivity index (χ3n) is 8.16. The van der Waals surface area contributed by atoms with Crippen molar-refractivity contribution in [3.63, 3.8) is 0 Å². The van der Waals surface area contributed by atoms with E-state index in [0.29, 0.717) is 30.5 Å². The monoisotopic (exact) mass is 339 g/mol. The second kappa shape index (κ2) is 5.30. The normalized spacial score (nSPS) is 50.5. The van der Waals surface area contributed by atoms with Crippen LogP contribution in [0.3, 0.4) is 0 Å². The Morgan fingerprint density at radius 1 is 1.24 bits per heavy atom. The molecule has 0 bridgehead atoms. The molecular weight excluding hydrogens is 310 g/mol. The van der Waals surface area contributed by atoms with E-state index in [2.05, 4.69) is 26.0 Å². The fourth-order valence-corrected chi connectivity index (χ4v) is 6.80. The Labute approximate surface area is 150 Å². The maximum atomic E-state index is 13.3. The molecule has 0 amide bonds. The van der Waals surface area contributed by atoms with Crippen molar-refractivity contribution >= 4 is 5.78 Å². The molecule has 0 aliphatic heterocycles. The van der Waals surface area contributed by atoms with E-state index in [4.69, 9.17) is 5.26 Å². The summed E-state index contributed by atoms with van der Waals surface area (Å²) < 4.78 is 0. The van der Waals surface area contributed by atoms with Crippen LogP contribution >= 0.6 is 0 Å². The van der Waals surface area contributed by atoms with Gasteiger partial charge in [0.05, 0.1) is 11.7 Å². The van der Waals surface area contributed by atoms with E-state index in [1.807, 2.05) is 6.92 Å². The topological polar surface area (TPSA) is 61.1 Å². The van der Waals surface area contributed by atoms with Crippen LogP contribution in [-0.2, 0) is 4.79 Å². The quantitative estimate of drug-likeness (QED) is 0.528. The highest BCUT2D eigenvalue weighted by Gasteiger charge is 2.61. The van der Waals surface area contributed by atoms with Crippen LogP contribution < -0.4 is 0 Å². The number of aliphatic hydroxyl groups is 1. The zero-order valence-electron chi connectivity index (χ0n) is 15.6. The van der Waals surface area contributed by atoms with Crippen LogP contribution in [0, 0.1) is 39.9 Å². The van der Waals surface area contributed by atoms with Gasteiger partial charge < -0.3 is 5.11 Å². The smallest absolute Gasteiger partial charge is 0.138 e. The molecule has 0 heterocycles. The van der Waals surface area contributed by atoms with E-state index in [9.17, 15) is 9.90 Å². The summed E-state index contributed by atoms with van der Waals surface area (Å²) in [5.41, 5.74) is 1.69. The number of Topliss-reactive ketones (excluding diaryl/α,β-unsaturated/α-hetero) is 1. The molecule has 0 aromatic rings. The van der Waals surface area contributed by atoms with E-state index in [-0.39, 0.29) is 16.7 Å². The molecule has 0 spiro atoms. The molecule has 4 rings (SSSR count). The zero-order valence-corrected chi connectivity index (χ0v) is 15.6. The molecule has 134 valence electrons. The van der Waals surface area contributed by atoms with E-state index in [1.165, 1.54) is 11.1 Å². The summed E-state index contributed by atoms with van der Waals surface area (Å²) in [7, 11) is 0. The average Bonchev–Trinajstić information content (AvgIpc) is 2.84. The first-order valence-electron chi connectivity index (χ1n) is 9.75. The van der Waals surface area contributed by atoms with Crippen LogP contribution in [0.2, 0.25) is 0 Å². The van der Waals surface area contributed by atoms with Gasteiger partial charge in [0, 0.05) is 18.4 Å². The minimum absolute atomic E-state index is 0.0781. The SMILES string of the molecule is CC12CC[C@@](C)(O)CC1=CCC1[C@@H]2C(=O)CC2(C)/C(=C\C#N)CC[C@@H]12. The van der Waals surface area contributed by atoms with Crippen molar-refractivity contribution in [1.29, 1.82) is 5.26 Å². The molecule has 1 N–H and O–H groups in total. The fourth-order valence-electron chi connectivity index (χ4n) is 6.80. The predicted octanol–water partition coefficient (Wildman–Crippen LogP) is 4.33. The van der Waals surface area contributed by atoms with Crippen LogP contribution in [-0.4, -0.2) is 16.5 Å². The number of allylic oxidation sites excluding steroid dienone is 3. The van der Waals surface area contributed by atoms with Gasteiger partial charge >= 0.3 is 0 Å². The first-order valence-corrected chi connectivity index (χ1v) is 9.75. The Balaban J connectivity index is 1.74. The van der Waals surface area contributed by atoms with E-state index in [1.54, 1.807) is 6.08 Å². The lowest BCUT2D eigenvalue weighted by Gasteiger charge is -2.57. The maximum Gasteiger partial charge on any atom is 0.138 e. The lowest BCUT2D eigenvalue weighted by molar-refractivity contribution is -0.142. The van der Waals surface area contributed by atoms with Crippen LogP contribution in [0.25, 0.3) is 0 Å². The third kappa shape index (κ3) is 2.30. The number of fused-ring (bicyclic) bond motifs is 5. The van der Waals surface area contributed by atoms with Gasteiger partial charge in [0.15, 0.2) is 0 Å². The molecule has 3 nitrogen and oxygen atoms in total. The fraction of sp³-hybridized carbons (Fsp3) is 0.727. The van der Waals surface area contributed by atoms with Crippen molar-refractivity contribution in [1.82, 2.24) is 0 Å². The number of carbonyl (C=O) groups excluding carboxylic acids is 1. The molecule has 0 radical (unpaired) electrons. The van der Waals surface area contributed by atoms with Gasteiger partial charge in [0.25, 0.3) is 0 Å². The highest BCUT2D eigenvalue weighted by atomic mass is 16.3. The van der Waals surface area contributed by atoms with E-state index >= 15 is 0 Å². The molecule has 3 fully saturated rings. The Hall–Kier alpha value is -1.40. The molecule has 0 saturated heterocycles. The summed E-state index contributed by atoms with van der Waals surface area (Å²) in [5.74, 6) is 1.40. The number of hydrogen-bond acceptors (Lipinski definition) is 3. The van der Waals surface area contributed by atoms with Gasteiger partial charge in [-0.05, 0) is 68.1 Å². The molecule has 4 aliphatic rings. The lowest BCUT2D eigenvalue weighted by atomic mass is 9.46. The molecule has 3 unspecified atom stereocenters. The average molecular weight is 339 g/mol. The number of ketones is 1. The molecule has 3 heteroatoms. The molecule has 4 aliphatic carbocycles. The Morgan fingerprint density at radius 2 is 2.00 bits per heavy atom. The lowest BCUT2D eigenvalue weighted by Crippen LogP contribution is -2.54. The van der Waals surface area contributed by atoms with Crippen LogP contribution in [0.4, 0.5) is 0 Å². The number of rotatable bonds is 0. The highest BCUT2D eigenvalue weighted by Crippen LogP contribution is 2.65. The van der Waals surface area contributed by atoms with Crippen LogP contribution in [0.5, 0.6) is 0 Å². The summed E-state index contributed by atoms with van der Waals surface area (Å²) >= 11 is 0. The second-order valence-electron chi connectivity index (χ2n) is 9.70. The number of hydrogen-bond donors (Lipinski definition) is 1.